The maximum atomic E-state index is 12.4. The van der Waals surface area contributed by atoms with Crippen molar-refractivity contribution in [2.45, 2.75) is 20.4 Å². The second-order valence-electron chi connectivity index (χ2n) is 7.06. The molecule has 0 fully saturated rings. The van der Waals surface area contributed by atoms with Crippen molar-refractivity contribution in [3.63, 3.8) is 0 Å². The Bertz CT molecular complexity index is 1170. The minimum absolute atomic E-state index is 0.117. The highest BCUT2D eigenvalue weighted by Gasteiger charge is 2.13. The second-order valence-corrected chi connectivity index (χ2v) is 7.06. The third-order valence-corrected chi connectivity index (χ3v) is 4.72. The van der Waals surface area contributed by atoms with E-state index in [0.717, 1.165) is 27.9 Å². The zero-order chi connectivity index (χ0) is 21.6. The van der Waals surface area contributed by atoms with Crippen molar-refractivity contribution in [1.29, 1.82) is 0 Å². The van der Waals surface area contributed by atoms with Crippen LogP contribution < -0.4 is 14.8 Å². The maximum Gasteiger partial charge on any atom is 0.258 e. The van der Waals surface area contributed by atoms with Gasteiger partial charge in [0, 0.05) is 12.1 Å². The van der Waals surface area contributed by atoms with Crippen LogP contribution in [0.4, 0.5) is 0 Å². The molecule has 0 atom stereocenters. The Morgan fingerprint density at radius 3 is 2.39 bits per heavy atom. The van der Waals surface area contributed by atoms with Crippen molar-refractivity contribution in [2.75, 3.05) is 13.2 Å². The number of hydrogen-bond donors (Lipinski definition) is 1. The first-order valence-electron chi connectivity index (χ1n) is 10.2. The van der Waals surface area contributed by atoms with Gasteiger partial charge in [0.05, 0.1) is 6.61 Å². The molecular formula is C24H24N4O3. The van der Waals surface area contributed by atoms with Crippen LogP contribution in [-0.2, 0) is 11.3 Å². The number of nitrogens with zero attached hydrogens (tertiary/aromatic N) is 3. The van der Waals surface area contributed by atoms with Crippen LogP contribution >= 0.6 is 0 Å². The van der Waals surface area contributed by atoms with E-state index >= 15 is 0 Å². The fourth-order valence-corrected chi connectivity index (χ4v) is 3.21. The predicted molar refractivity (Wildman–Crippen MR) is 119 cm³/mol. The smallest absolute Gasteiger partial charge is 0.258 e. The Hall–Kier alpha value is -3.87. The van der Waals surface area contributed by atoms with E-state index in [1.165, 1.54) is 0 Å². The zero-order valence-corrected chi connectivity index (χ0v) is 17.5. The topological polar surface area (TPSA) is 78.3 Å². The maximum absolute atomic E-state index is 12.4. The van der Waals surface area contributed by atoms with Gasteiger partial charge in [0.15, 0.2) is 6.61 Å². The van der Waals surface area contributed by atoms with Gasteiger partial charge in [0.25, 0.3) is 5.91 Å². The van der Waals surface area contributed by atoms with Gasteiger partial charge in [-0.3, -0.25) is 4.79 Å². The summed E-state index contributed by atoms with van der Waals surface area (Å²) in [6.07, 6.45) is 0. The van der Waals surface area contributed by atoms with Gasteiger partial charge in [-0.2, -0.15) is 0 Å². The monoisotopic (exact) mass is 416 g/mol. The van der Waals surface area contributed by atoms with Crippen molar-refractivity contribution < 1.29 is 14.3 Å². The highest BCUT2D eigenvalue weighted by atomic mass is 16.5. The first-order chi connectivity index (χ1) is 15.1. The van der Waals surface area contributed by atoms with Crippen LogP contribution in [-0.4, -0.2) is 34.1 Å². The molecule has 0 aliphatic heterocycles. The average Bonchev–Trinajstić information content (AvgIpc) is 3.22. The van der Waals surface area contributed by atoms with E-state index in [2.05, 4.69) is 15.5 Å². The molecule has 4 rings (SSSR count). The second kappa shape index (κ2) is 9.30. The molecule has 1 amide bonds. The van der Waals surface area contributed by atoms with E-state index in [0.29, 0.717) is 24.6 Å². The Labute approximate surface area is 180 Å². The summed E-state index contributed by atoms with van der Waals surface area (Å²) in [5.41, 5.74) is 4.23. The summed E-state index contributed by atoms with van der Waals surface area (Å²) in [5.74, 6) is 1.08. The van der Waals surface area contributed by atoms with Crippen LogP contribution in [0.1, 0.15) is 18.1 Å². The molecule has 0 spiro atoms. The van der Waals surface area contributed by atoms with Gasteiger partial charge >= 0.3 is 0 Å². The lowest BCUT2D eigenvalue weighted by Crippen LogP contribution is -2.28. The lowest BCUT2D eigenvalue weighted by molar-refractivity contribution is -0.123. The third kappa shape index (κ3) is 4.83. The van der Waals surface area contributed by atoms with E-state index in [9.17, 15) is 4.79 Å². The molecule has 4 aromatic rings. The molecule has 0 saturated carbocycles. The molecule has 0 aliphatic carbocycles. The van der Waals surface area contributed by atoms with Gasteiger partial charge in [0.1, 0.15) is 28.2 Å². The Balaban J connectivity index is 1.45. The molecule has 1 heterocycles. The van der Waals surface area contributed by atoms with Crippen LogP contribution in [0.3, 0.4) is 0 Å². The third-order valence-electron chi connectivity index (χ3n) is 4.72. The van der Waals surface area contributed by atoms with Crippen molar-refractivity contribution >= 4 is 16.9 Å². The van der Waals surface area contributed by atoms with Crippen LogP contribution in [0.15, 0.2) is 66.7 Å². The van der Waals surface area contributed by atoms with E-state index < -0.39 is 0 Å². The quantitative estimate of drug-likeness (QED) is 0.472. The number of nitrogens with one attached hydrogen (secondary N) is 1. The van der Waals surface area contributed by atoms with Gasteiger partial charge in [-0.1, -0.05) is 36.4 Å². The van der Waals surface area contributed by atoms with Crippen molar-refractivity contribution in [1.82, 2.24) is 20.3 Å². The molecule has 0 radical (unpaired) electrons. The molecule has 0 aliphatic rings. The Morgan fingerprint density at radius 1 is 0.935 bits per heavy atom. The fourth-order valence-electron chi connectivity index (χ4n) is 3.21. The fraction of sp³-hybridized carbons (Fsp3) is 0.208. The van der Waals surface area contributed by atoms with Crippen LogP contribution in [0.5, 0.6) is 11.5 Å². The summed E-state index contributed by atoms with van der Waals surface area (Å²) < 4.78 is 11.4. The number of benzene rings is 3. The Kier molecular flexibility index (Phi) is 6.12. The molecule has 1 N–H and O–H groups in total. The van der Waals surface area contributed by atoms with Crippen molar-refractivity contribution in [3.8, 4) is 17.2 Å². The van der Waals surface area contributed by atoms with Gasteiger partial charge in [-0.15, -0.1) is 15.0 Å². The standard InChI is InChI=1S/C24H24N4O3/c1-3-30-22-11-7-4-8-18(22)15-25-24(29)16-31-23-13-12-17(2)14-21(23)28-26-19-9-5-6-10-20(19)27-28/h4-14H,3,15-16H2,1-2H3,(H,25,29). The van der Waals surface area contributed by atoms with Gasteiger partial charge < -0.3 is 14.8 Å². The number of aryl methyl sites for hydroxylation is 1. The number of fused-ring (bicyclic) bond motifs is 1. The largest absolute Gasteiger partial charge is 0.494 e. The van der Waals surface area contributed by atoms with Crippen molar-refractivity contribution in [3.05, 3.63) is 77.9 Å². The van der Waals surface area contributed by atoms with Crippen LogP contribution in [0.25, 0.3) is 16.7 Å². The first-order valence-corrected chi connectivity index (χ1v) is 10.2. The summed E-state index contributed by atoms with van der Waals surface area (Å²) in [7, 11) is 0. The Morgan fingerprint density at radius 2 is 1.65 bits per heavy atom. The summed E-state index contributed by atoms with van der Waals surface area (Å²) in [4.78, 5) is 13.9. The molecule has 0 bridgehead atoms. The van der Waals surface area contributed by atoms with E-state index in [1.807, 2.05) is 80.6 Å². The number of carbonyl (C=O) groups is 1. The molecule has 7 heteroatoms. The molecule has 7 nitrogen and oxygen atoms in total. The zero-order valence-electron chi connectivity index (χ0n) is 17.5. The van der Waals surface area contributed by atoms with E-state index in [4.69, 9.17) is 9.47 Å². The lowest BCUT2D eigenvalue weighted by Gasteiger charge is -2.13. The molecule has 0 saturated heterocycles. The normalized spacial score (nSPS) is 10.8. The molecule has 31 heavy (non-hydrogen) atoms. The summed E-state index contributed by atoms with van der Waals surface area (Å²) in [6, 6.07) is 21.0. The number of hydrogen-bond acceptors (Lipinski definition) is 5. The van der Waals surface area contributed by atoms with Gasteiger partial charge in [-0.25, -0.2) is 0 Å². The van der Waals surface area contributed by atoms with E-state index in [-0.39, 0.29) is 12.5 Å². The molecule has 3 aromatic carbocycles. The number of rotatable bonds is 8. The van der Waals surface area contributed by atoms with Crippen LogP contribution in [0, 0.1) is 6.92 Å². The number of ether oxygens (including phenoxy) is 2. The van der Waals surface area contributed by atoms with Gasteiger partial charge in [-0.05, 0) is 49.7 Å². The lowest BCUT2D eigenvalue weighted by atomic mass is 10.2. The minimum Gasteiger partial charge on any atom is -0.494 e. The number of carbonyl (C=O) groups excluding carboxylic acids is 1. The average molecular weight is 416 g/mol. The molecular weight excluding hydrogens is 392 g/mol. The highest BCUT2D eigenvalue weighted by Crippen LogP contribution is 2.24. The molecule has 1 aromatic heterocycles. The number of aromatic nitrogens is 3. The van der Waals surface area contributed by atoms with Crippen molar-refractivity contribution in [2.24, 2.45) is 0 Å². The summed E-state index contributed by atoms with van der Waals surface area (Å²) in [5, 5.41) is 11.9. The van der Waals surface area contributed by atoms with Gasteiger partial charge in [0.2, 0.25) is 0 Å². The number of amides is 1. The summed E-state index contributed by atoms with van der Waals surface area (Å²) in [6.45, 7) is 4.73. The minimum atomic E-state index is -0.226. The molecule has 158 valence electrons. The van der Waals surface area contributed by atoms with Crippen LogP contribution in [0.2, 0.25) is 0 Å². The number of para-hydroxylation sites is 1. The molecule has 0 unspecified atom stereocenters. The van der Waals surface area contributed by atoms with E-state index in [1.54, 1.807) is 4.80 Å². The predicted octanol–water partition coefficient (Wildman–Crippen LogP) is 3.82. The SMILES string of the molecule is CCOc1ccccc1CNC(=O)COc1ccc(C)cc1-n1nc2ccccc2n1. The summed E-state index contributed by atoms with van der Waals surface area (Å²) >= 11 is 0. The first kappa shape index (κ1) is 20.4. The highest BCUT2D eigenvalue weighted by molar-refractivity contribution is 5.78.